The van der Waals surface area contributed by atoms with Crippen LogP contribution in [0.4, 0.5) is 4.79 Å². The lowest BCUT2D eigenvalue weighted by Gasteiger charge is -2.24. The van der Waals surface area contributed by atoms with E-state index in [1.165, 1.54) is 6.42 Å². The third kappa shape index (κ3) is 4.74. The molecular weight excluding hydrogens is 266 g/mol. The fourth-order valence-electron chi connectivity index (χ4n) is 2.79. The molecule has 0 aromatic carbocycles. The van der Waals surface area contributed by atoms with Gasteiger partial charge in [-0.1, -0.05) is 6.92 Å². The fourth-order valence-corrected chi connectivity index (χ4v) is 2.79. The van der Waals surface area contributed by atoms with Crippen LogP contribution in [0.25, 0.3) is 0 Å². The van der Waals surface area contributed by atoms with Crippen molar-refractivity contribution < 1.29 is 4.79 Å². The van der Waals surface area contributed by atoms with Crippen molar-refractivity contribution in [3.63, 3.8) is 0 Å². The molecule has 1 saturated heterocycles. The maximum Gasteiger partial charge on any atom is 0.317 e. The summed E-state index contributed by atoms with van der Waals surface area (Å²) in [7, 11) is 0. The second-order valence-electron chi connectivity index (χ2n) is 5.58. The predicted molar refractivity (Wildman–Crippen MR) is 83.1 cm³/mol. The molecule has 1 aromatic heterocycles. The van der Waals surface area contributed by atoms with Gasteiger partial charge >= 0.3 is 6.03 Å². The van der Waals surface area contributed by atoms with Crippen LogP contribution in [-0.4, -0.2) is 64.4 Å². The van der Waals surface area contributed by atoms with Gasteiger partial charge in [0.25, 0.3) is 0 Å². The molecule has 0 radical (unpaired) electrons. The second-order valence-corrected chi connectivity index (χ2v) is 5.58. The number of nitrogens with one attached hydrogen (secondary N) is 1. The molecule has 0 saturated carbocycles. The second kappa shape index (κ2) is 8.02. The number of hydrogen-bond acceptors (Lipinski definition) is 3. The van der Waals surface area contributed by atoms with Crippen LogP contribution in [0.3, 0.4) is 0 Å². The number of aromatic nitrogens is 2. The van der Waals surface area contributed by atoms with Gasteiger partial charge in [0.1, 0.15) is 0 Å². The van der Waals surface area contributed by atoms with E-state index in [1.807, 2.05) is 28.8 Å². The zero-order chi connectivity index (χ0) is 15.1. The van der Waals surface area contributed by atoms with E-state index in [2.05, 4.69) is 22.2 Å². The van der Waals surface area contributed by atoms with Crippen molar-refractivity contribution in [2.24, 2.45) is 0 Å². The molecule has 1 aliphatic rings. The lowest BCUT2D eigenvalue weighted by atomic mass is 10.3. The molecule has 1 fully saturated rings. The van der Waals surface area contributed by atoms with Crippen molar-refractivity contribution in [3.05, 3.63) is 18.5 Å². The zero-order valence-electron chi connectivity index (χ0n) is 13.2. The summed E-state index contributed by atoms with van der Waals surface area (Å²) in [6.07, 6.45) is 5.91. The number of likely N-dealkylation sites (tertiary alicyclic amines) is 1. The molecule has 1 atom stereocenters. The Bertz CT molecular complexity index is 420. The normalized spacial score (nSPS) is 18.9. The van der Waals surface area contributed by atoms with Crippen molar-refractivity contribution in [2.45, 2.75) is 39.3 Å². The zero-order valence-corrected chi connectivity index (χ0v) is 13.2. The van der Waals surface area contributed by atoms with Gasteiger partial charge in [0, 0.05) is 44.6 Å². The highest BCUT2D eigenvalue weighted by Gasteiger charge is 2.24. The lowest BCUT2D eigenvalue weighted by molar-refractivity contribution is 0.193. The van der Waals surface area contributed by atoms with Gasteiger partial charge in [-0.3, -0.25) is 4.68 Å². The summed E-state index contributed by atoms with van der Waals surface area (Å²) in [5.41, 5.74) is 0. The minimum Gasteiger partial charge on any atom is -0.334 e. The van der Waals surface area contributed by atoms with E-state index in [0.29, 0.717) is 12.6 Å². The quantitative estimate of drug-likeness (QED) is 0.827. The first-order chi connectivity index (χ1) is 10.2. The van der Waals surface area contributed by atoms with Gasteiger partial charge in [0.2, 0.25) is 0 Å². The maximum absolute atomic E-state index is 12.3. The molecule has 0 spiro atoms. The van der Waals surface area contributed by atoms with Gasteiger partial charge < -0.3 is 15.1 Å². The first kappa shape index (κ1) is 15.8. The molecule has 6 heteroatoms. The Morgan fingerprint density at radius 1 is 1.43 bits per heavy atom. The van der Waals surface area contributed by atoms with Crippen molar-refractivity contribution >= 4 is 6.03 Å². The number of hydrogen-bond donors (Lipinski definition) is 1. The molecular formula is C15H27N5O. The van der Waals surface area contributed by atoms with Gasteiger partial charge in [0.15, 0.2) is 0 Å². The number of carbonyl (C=O) groups excluding carboxylic acids is 1. The van der Waals surface area contributed by atoms with Gasteiger partial charge in [-0.25, -0.2) is 4.79 Å². The predicted octanol–water partition coefficient (Wildman–Crippen LogP) is 1.40. The third-order valence-electron chi connectivity index (χ3n) is 3.97. The number of amides is 2. The summed E-state index contributed by atoms with van der Waals surface area (Å²) < 4.78 is 1.86. The molecule has 2 rings (SSSR count). The van der Waals surface area contributed by atoms with E-state index in [1.54, 1.807) is 6.20 Å². The number of likely N-dealkylation sites (N-methyl/N-ethyl adjacent to an activating group) is 1. The standard InChI is InChI=1S/C15H27N5O/c1-3-8-18-10-6-14(13-18)17-15(21)19(4-2)11-12-20-9-5-7-16-20/h5,7,9,14H,3-4,6,8,10-13H2,1-2H3,(H,17,21)/t14-/m1/s1. The number of nitrogens with zero attached hydrogens (tertiary/aromatic N) is 4. The summed E-state index contributed by atoms with van der Waals surface area (Å²) in [4.78, 5) is 16.6. The van der Waals surface area contributed by atoms with Crippen molar-refractivity contribution in [2.75, 3.05) is 32.7 Å². The minimum atomic E-state index is 0.0491. The average molecular weight is 293 g/mol. The van der Waals surface area contributed by atoms with Crippen LogP contribution in [0, 0.1) is 0 Å². The van der Waals surface area contributed by atoms with E-state index < -0.39 is 0 Å². The van der Waals surface area contributed by atoms with E-state index in [9.17, 15) is 4.79 Å². The maximum atomic E-state index is 12.3. The summed E-state index contributed by atoms with van der Waals surface area (Å²) in [6.45, 7) is 9.56. The Hall–Kier alpha value is -1.56. The highest BCUT2D eigenvalue weighted by molar-refractivity contribution is 5.74. The van der Waals surface area contributed by atoms with E-state index >= 15 is 0 Å². The molecule has 0 unspecified atom stereocenters. The summed E-state index contributed by atoms with van der Waals surface area (Å²) >= 11 is 0. The minimum absolute atomic E-state index is 0.0491. The van der Waals surface area contributed by atoms with Crippen LogP contribution >= 0.6 is 0 Å². The highest BCUT2D eigenvalue weighted by Crippen LogP contribution is 2.09. The summed E-state index contributed by atoms with van der Waals surface area (Å²) in [5, 5.41) is 7.33. The van der Waals surface area contributed by atoms with Crippen molar-refractivity contribution in [1.82, 2.24) is 24.9 Å². The van der Waals surface area contributed by atoms with Gasteiger partial charge in [0.05, 0.1) is 6.54 Å². The molecule has 1 aromatic rings. The molecule has 2 heterocycles. The highest BCUT2D eigenvalue weighted by atomic mass is 16.2. The summed E-state index contributed by atoms with van der Waals surface area (Å²) in [5.74, 6) is 0. The van der Waals surface area contributed by atoms with Crippen LogP contribution in [0.5, 0.6) is 0 Å². The van der Waals surface area contributed by atoms with Crippen LogP contribution < -0.4 is 5.32 Å². The van der Waals surface area contributed by atoms with Gasteiger partial charge in [-0.15, -0.1) is 0 Å². The third-order valence-corrected chi connectivity index (χ3v) is 3.97. The molecule has 0 bridgehead atoms. The number of carbonyl (C=O) groups is 1. The Morgan fingerprint density at radius 3 is 2.95 bits per heavy atom. The van der Waals surface area contributed by atoms with Crippen molar-refractivity contribution in [3.8, 4) is 0 Å². The fraction of sp³-hybridized carbons (Fsp3) is 0.733. The van der Waals surface area contributed by atoms with Crippen LogP contribution in [0.15, 0.2) is 18.5 Å². The largest absolute Gasteiger partial charge is 0.334 e. The average Bonchev–Trinajstić information content (AvgIpc) is 3.12. The smallest absolute Gasteiger partial charge is 0.317 e. The van der Waals surface area contributed by atoms with Crippen LogP contribution in [0.2, 0.25) is 0 Å². The van der Waals surface area contributed by atoms with E-state index in [0.717, 1.165) is 39.1 Å². The first-order valence-electron chi connectivity index (χ1n) is 7.98. The number of rotatable bonds is 7. The number of urea groups is 1. The Balaban J connectivity index is 1.75. The van der Waals surface area contributed by atoms with Gasteiger partial charge in [-0.2, -0.15) is 5.10 Å². The van der Waals surface area contributed by atoms with Gasteiger partial charge in [-0.05, 0) is 32.4 Å². The molecule has 6 nitrogen and oxygen atoms in total. The Kier molecular flexibility index (Phi) is 6.04. The topological polar surface area (TPSA) is 53.4 Å². The molecule has 118 valence electrons. The molecule has 21 heavy (non-hydrogen) atoms. The molecule has 0 aliphatic carbocycles. The van der Waals surface area contributed by atoms with E-state index in [4.69, 9.17) is 0 Å². The van der Waals surface area contributed by atoms with Crippen LogP contribution in [-0.2, 0) is 6.54 Å². The first-order valence-corrected chi connectivity index (χ1v) is 7.98. The Labute approximate surface area is 127 Å². The SMILES string of the molecule is CCCN1CC[C@@H](NC(=O)N(CC)CCn2cccn2)C1. The van der Waals surface area contributed by atoms with Crippen LogP contribution in [0.1, 0.15) is 26.7 Å². The van der Waals surface area contributed by atoms with Crippen molar-refractivity contribution in [1.29, 1.82) is 0 Å². The Morgan fingerprint density at radius 2 is 2.29 bits per heavy atom. The summed E-state index contributed by atoms with van der Waals surface area (Å²) in [6, 6.07) is 2.24. The van der Waals surface area contributed by atoms with E-state index in [-0.39, 0.29) is 6.03 Å². The molecule has 1 aliphatic heterocycles. The monoisotopic (exact) mass is 293 g/mol. The molecule has 2 amide bonds. The molecule has 1 N–H and O–H groups in total. The lowest BCUT2D eigenvalue weighted by Crippen LogP contribution is -2.46.